The van der Waals surface area contributed by atoms with Crippen LogP contribution in [-0.4, -0.2) is 30.3 Å². The molecule has 0 spiro atoms. The summed E-state index contributed by atoms with van der Waals surface area (Å²) in [6.45, 7) is 0. The van der Waals surface area contributed by atoms with Gasteiger partial charge in [-0.05, 0) is 30.2 Å². The number of hydrogen-bond acceptors (Lipinski definition) is 6. The summed E-state index contributed by atoms with van der Waals surface area (Å²) in [6, 6.07) is 9.89. The second-order valence-electron chi connectivity index (χ2n) is 4.83. The van der Waals surface area contributed by atoms with Gasteiger partial charge in [0.2, 0.25) is 5.82 Å². The molecule has 116 valence electrons. The van der Waals surface area contributed by atoms with E-state index in [-0.39, 0.29) is 17.3 Å². The Morgan fingerprint density at radius 3 is 2.50 bits per heavy atom. The second kappa shape index (κ2) is 6.52. The van der Waals surface area contributed by atoms with E-state index in [0.29, 0.717) is 12.1 Å². The number of sulfone groups is 1. The van der Waals surface area contributed by atoms with E-state index in [0.717, 1.165) is 5.56 Å². The summed E-state index contributed by atoms with van der Waals surface area (Å²) < 4.78 is 22.3. The van der Waals surface area contributed by atoms with Crippen LogP contribution < -0.4 is 5.32 Å². The molecule has 1 N–H and O–H groups in total. The number of pyridine rings is 1. The minimum Gasteiger partial charge on any atom is -0.334 e. The van der Waals surface area contributed by atoms with Crippen molar-refractivity contribution >= 4 is 27.0 Å². The fraction of sp³-hybridized carbons (Fsp3) is 0.214. The van der Waals surface area contributed by atoms with Gasteiger partial charge >= 0.3 is 5.69 Å². The summed E-state index contributed by atoms with van der Waals surface area (Å²) in [7, 11) is -3.00. The molecule has 8 heteroatoms. The van der Waals surface area contributed by atoms with Gasteiger partial charge in [0.05, 0.1) is 10.7 Å². The molecular formula is C14H15N3O4S. The third kappa shape index (κ3) is 4.52. The molecule has 0 unspecified atom stereocenters. The average Bonchev–Trinajstić information content (AvgIpc) is 2.46. The van der Waals surface area contributed by atoms with Gasteiger partial charge in [0.15, 0.2) is 0 Å². The number of rotatable bonds is 6. The third-order valence-corrected chi connectivity index (χ3v) is 3.91. The van der Waals surface area contributed by atoms with Gasteiger partial charge in [0.1, 0.15) is 9.84 Å². The normalized spacial score (nSPS) is 11.1. The predicted octanol–water partition coefficient (Wildman–Crippen LogP) is 2.32. The number of nitrogens with one attached hydrogen (secondary N) is 1. The van der Waals surface area contributed by atoms with Gasteiger partial charge in [0, 0.05) is 24.2 Å². The predicted molar refractivity (Wildman–Crippen MR) is 84.0 cm³/mol. The fourth-order valence-electron chi connectivity index (χ4n) is 1.84. The highest BCUT2D eigenvalue weighted by Crippen LogP contribution is 2.24. The number of aryl methyl sites for hydroxylation is 1. The largest absolute Gasteiger partial charge is 0.334 e. The van der Waals surface area contributed by atoms with E-state index in [9.17, 15) is 18.5 Å². The molecule has 0 amide bonds. The van der Waals surface area contributed by atoms with Crippen LogP contribution in [0, 0.1) is 10.1 Å². The first-order valence-corrected chi connectivity index (χ1v) is 8.54. The summed E-state index contributed by atoms with van der Waals surface area (Å²) in [4.78, 5) is 14.4. The van der Waals surface area contributed by atoms with Crippen LogP contribution >= 0.6 is 0 Å². The van der Waals surface area contributed by atoms with Crippen LogP contribution in [0.4, 0.5) is 17.2 Å². The monoisotopic (exact) mass is 321 g/mol. The van der Waals surface area contributed by atoms with Gasteiger partial charge in [-0.3, -0.25) is 10.1 Å². The number of nitrogens with zero attached hydrogens (tertiary/aromatic N) is 2. The van der Waals surface area contributed by atoms with Crippen molar-refractivity contribution in [2.75, 3.05) is 17.3 Å². The van der Waals surface area contributed by atoms with E-state index in [2.05, 4.69) is 10.3 Å². The van der Waals surface area contributed by atoms with Crippen LogP contribution in [0.15, 0.2) is 42.6 Å². The van der Waals surface area contributed by atoms with Gasteiger partial charge in [-0.1, -0.05) is 12.1 Å². The highest BCUT2D eigenvalue weighted by atomic mass is 32.2. The Hall–Kier alpha value is -2.48. The van der Waals surface area contributed by atoms with Gasteiger partial charge < -0.3 is 5.32 Å². The standard InChI is InChI=1S/C14H15N3O4S/c1-22(20,21)10-8-11-4-6-12(7-5-11)16-14-13(17(18)19)3-2-9-15-14/h2-7,9H,8,10H2,1H3,(H,15,16). The summed E-state index contributed by atoms with van der Waals surface area (Å²) in [5.41, 5.74) is 1.42. The van der Waals surface area contributed by atoms with E-state index < -0.39 is 14.8 Å². The van der Waals surface area contributed by atoms with E-state index in [1.54, 1.807) is 24.3 Å². The Bertz CT molecular complexity index is 773. The van der Waals surface area contributed by atoms with Crippen molar-refractivity contribution in [3.63, 3.8) is 0 Å². The molecule has 0 saturated heterocycles. The molecule has 0 fully saturated rings. The topological polar surface area (TPSA) is 102 Å². The highest BCUT2D eigenvalue weighted by molar-refractivity contribution is 7.90. The molecule has 0 radical (unpaired) electrons. The lowest BCUT2D eigenvalue weighted by Crippen LogP contribution is -2.05. The van der Waals surface area contributed by atoms with E-state index in [4.69, 9.17) is 0 Å². The SMILES string of the molecule is CS(=O)(=O)CCc1ccc(Nc2ncccc2[N+](=O)[O-])cc1. The molecule has 0 atom stereocenters. The summed E-state index contributed by atoms with van der Waals surface area (Å²) in [5.74, 6) is 0.252. The fourth-order valence-corrected chi connectivity index (χ4v) is 2.44. The Morgan fingerprint density at radius 1 is 1.23 bits per heavy atom. The van der Waals surface area contributed by atoms with Crippen LogP contribution in [-0.2, 0) is 16.3 Å². The first kappa shape index (κ1) is 15.9. The molecule has 0 aliphatic rings. The molecule has 1 aromatic heterocycles. The number of hydrogen-bond donors (Lipinski definition) is 1. The van der Waals surface area contributed by atoms with Gasteiger partial charge in [0.25, 0.3) is 0 Å². The molecule has 2 aromatic rings. The molecule has 1 aromatic carbocycles. The summed E-state index contributed by atoms with van der Waals surface area (Å²) in [6.07, 6.45) is 3.10. The van der Waals surface area contributed by atoms with Gasteiger partial charge in [-0.25, -0.2) is 13.4 Å². The smallest absolute Gasteiger partial charge is 0.311 e. The molecular weight excluding hydrogens is 306 g/mol. The minimum atomic E-state index is -3.00. The molecule has 0 saturated carbocycles. The van der Waals surface area contributed by atoms with Crippen LogP contribution in [0.25, 0.3) is 0 Å². The maximum absolute atomic E-state index is 11.1. The Labute approximate surface area is 128 Å². The minimum absolute atomic E-state index is 0.0888. The van der Waals surface area contributed by atoms with Gasteiger partial charge in [-0.15, -0.1) is 0 Å². The van der Waals surface area contributed by atoms with Crippen molar-refractivity contribution in [1.29, 1.82) is 0 Å². The quantitative estimate of drug-likeness (QED) is 0.647. The number of aromatic nitrogens is 1. The van der Waals surface area contributed by atoms with Crippen molar-refractivity contribution in [3.8, 4) is 0 Å². The van der Waals surface area contributed by atoms with Crippen molar-refractivity contribution in [3.05, 3.63) is 58.3 Å². The summed E-state index contributed by atoms with van der Waals surface area (Å²) >= 11 is 0. The zero-order chi connectivity index (χ0) is 16.2. The first-order valence-electron chi connectivity index (χ1n) is 6.48. The maximum atomic E-state index is 11.1. The van der Waals surface area contributed by atoms with Crippen molar-refractivity contribution in [2.45, 2.75) is 6.42 Å². The zero-order valence-corrected chi connectivity index (χ0v) is 12.7. The van der Waals surface area contributed by atoms with Crippen LogP contribution in [0.5, 0.6) is 0 Å². The van der Waals surface area contributed by atoms with E-state index >= 15 is 0 Å². The second-order valence-corrected chi connectivity index (χ2v) is 7.09. The van der Waals surface area contributed by atoms with Crippen molar-refractivity contribution in [2.24, 2.45) is 0 Å². The molecule has 1 heterocycles. The average molecular weight is 321 g/mol. The first-order chi connectivity index (χ1) is 10.3. The molecule has 0 aliphatic heterocycles. The van der Waals surface area contributed by atoms with Gasteiger partial charge in [-0.2, -0.15) is 0 Å². The molecule has 0 aliphatic carbocycles. The molecule has 0 bridgehead atoms. The lowest BCUT2D eigenvalue weighted by molar-refractivity contribution is -0.384. The lowest BCUT2D eigenvalue weighted by atomic mass is 10.1. The highest BCUT2D eigenvalue weighted by Gasteiger charge is 2.14. The van der Waals surface area contributed by atoms with Crippen LogP contribution in [0.1, 0.15) is 5.56 Å². The number of benzene rings is 1. The summed E-state index contributed by atoms with van der Waals surface area (Å²) in [5, 5.41) is 13.8. The maximum Gasteiger partial charge on any atom is 0.311 e. The van der Waals surface area contributed by atoms with E-state index in [1.807, 2.05) is 0 Å². The third-order valence-electron chi connectivity index (χ3n) is 2.96. The molecule has 2 rings (SSSR count). The number of nitro groups is 1. The number of anilines is 2. The van der Waals surface area contributed by atoms with Crippen molar-refractivity contribution < 1.29 is 13.3 Å². The zero-order valence-electron chi connectivity index (χ0n) is 11.9. The van der Waals surface area contributed by atoms with Crippen molar-refractivity contribution in [1.82, 2.24) is 4.98 Å². The van der Waals surface area contributed by atoms with Crippen LogP contribution in [0.2, 0.25) is 0 Å². The Balaban J connectivity index is 2.10. The molecule has 22 heavy (non-hydrogen) atoms. The Kier molecular flexibility index (Phi) is 4.71. The van der Waals surface area contributed by atoms with E-state index in [1.165, 1.54) is 24.6 Å². The van der Waals surface area contributed by atoms with Crippen LogP contribution in [0.3, 0.4) is 0 Å². The Morgan fingerprint density at radius 2 is 1.91 bits per heavy atom. The molecule has 7 nitrogen and oxygen atoms in total. The lowest BCUT2D eigenvalue weighted by Gasteiger charge is -2.07.